The van der Waals surface area contributed by atoms with E-state index in [0.717, 1.165) is 54.1 Å². The van der Waals surface area contributed by atoms with Gasteiger partial charge in [-0.1, -0.05) is 25.1 Å². The van der Waals surface area contributed by atoms with Gasteiger partial charge in [0.15, 0.2) is 11.5 Å². The van der Waals surface area contributed by atoms with E-state index >= 15 is 0 Å². The number of pyridine rings is 1. The fraction of sp³-hybridized carbons (Fsp3) is 0.457. The number of hydrogen-bond acceptors (Lipinski definition) is 8. The smallest absolute Gasteiger partial charge is 0.384 e. The number of carbonyl (C=O) groups excluding carboxylic acids is 1. The molecule has 11 nitrogen and oxygen atoms in total. The van der Waals surface area contributed by atoms with Crippen LogP contribution in [0.25, 0.3) is 16.9 Å². The minimum atomic E-state index is -4.84. The molecule has 1 amide bonds. The van der Waals surface area contributed by atoms with Gasteiger partial charge >= 0.3 is 12.1 Å². The summed E-state index contributed by atoms with van der Waals surface area (Å²) in [6.07, 6.45) is 2.79. The Morgan fingerprint density at radius 1 is 1.06 bits per heavy atom. The number of benzene rings is 1. The molecule has 3 aliphatic rings. The summed E-state index contributed by atoms with van der Waals surface area (Å²) in [5.41, 5.74) is 3.87. The first kappa shape index (κ1) is 33.0. The minimum absolute atomic E-state index is 0.110. The second-order valence-corrected chi connectivity index (χ2v) is 13.1. The van der Waals surface area contributed by atoms with Gasteiger partial charge in [0.2, 0.25) is 5.95 Å². The Labute approximate surface area is 281 Å². The molecule has 0 bridgehead atoms. The van der Waals surface area contributed by atoms with Crippen LogP contribution >= 0.6 is 0 Å². The molecule has 0 unspecified atom stereocenters. The van der Waals surface area contributed by atoms with Gasteiger partial charge in [-0.3, -0.25) is 14.5 Å². The number of allylic oxidation sites excluding steroid dienone is 1. The predicted molar refractivity (Wildman–Crippen MR) is 178 cm³/mol. The van der Waals surface area contributed by atoms with Gasteiger partial charge in [-0.2, -0.15) is 18.2 Å². The van der Waals surface area contributed by atoms with E-state index in [1.54, 1.807) is 10.8 Å². The second-order valence-electron chi connectivity index (χ2n) is 13.1. The first-order valence-corrected chi connectivity index (χ1v) is 16.8. The Kier molecular flexibility index (Phi) is 8.55. The molecule has 1 fully saturated rings. The number of rotatable bonds is 7. The predicted octanol–water partition coefficient (Wildman–Crippen LogP) is 4.40. The number of nitrogens with one attached hydrogen (secondary N) is 1. The van der Waals surface area contributed by atoms with E-state index in [0.29, 0.717) is 54.2 Å². The summed E-state index contributed by atoms with van der Waals surface area (Å²) in [6, 6.07) is 10.0. The van der Waals surface area contributed by atoms with E-state index in [4.69, 9.17) is 9.97 Å². The third kappa shape index (κ3) is 6.12. The van der Waals surface area contributed by atoms with Crippen LogP contribution < -0.4 is 10.9 Å². The summed E-state index contributed by atoms with van der Waals surface area (Å²) in [5.74, 6) is -0.975. The van der Waals surface area contributed by atoms with Crippen LogP contribution in [0.15, 0.2) is 54.0 Å². The highest BCUT2D eigenvalue weighted by molar-refractivity contribution is 5.82. The zero-order valence-corrected chi connectivity index (χ0v) is 27.3. The van der Waals surface area contributed by atoms with E-state index < -0.39 is 17.7 Å². The van der Waals surface area contributed by atoms with Crippen LogP contribution in [0.1, 0.15) is 55.0 Å². The number of aryl methyl sites for hydroxylation is 1. The number of carbonyl (C=O) groups is 1. The molecule has 0 spiro atoms. The maximum Gasteiger partial charge on any atom is 0.471 e. The number of anilines is 2. The van der Waals surface area contributed by atoms with Crippen molar-refractivity contribution in [3.05, 3.63) is 81.9 Å². The van der Waals surface area contributed by atoms with Gasteiger partial charge in [0.05, 0.1) is 12.2 Å². The number of hydrogen-bond donors (Lipinski definition) is 2. The molecular formula is C35H39F3N8O3. The number of aromatic nitrogens is 5. The van der Waals surface area contributed by atoms with Crippen molar-refractivity contribution in [2.24, 2.45) is 0 Å². The molecule has 1 saturated heterocycles. The molecule has 1 atom stereocenters. The Balaban J connectivity index is 1.11. The molecule has 1 aliphatic carbocycles. The molecule has 0 saturated carbocycles. The van der Waals surface area contributed by atoms with Crippen molar-refractivity contribution in [3.63, 3.8) is 0 Å². The SMILES string of the molecule is C=CCn1c(=O)c2cnc(Nc3ccc4c(c3)CCN(C3CCN(C(=O)C(F)(F)F)CC3)CC4)nc2n1-c1ccc2c(n1)[C@@](O)(CC)CC2. The summed E-state index contributed by atoms with van der Waals surface area (Å²) in [6.45, 7) is 7.76. The van der Waals surface area contributed by atoms with Gasteiger partial charge in [-0.25, -0.2) is 19.3 Å². The molecule has 2 N–H and O–H groups in total. The van der Waals surface area contributed by atoms with Crippen molar-refractivity contribution in [3.8, 4) is 5.82 Å². The maximum absolute atomic E-state index is 13.5. The first-order valence-electron chi connectivity index (χ1n) is 16.8. The quantitative estimate of drug-likeness (QED) is 0.277. The topological polar surface area (TPSA) is 121 Å². The van der Waals surface area contributed by atoms with Crippen LogP contribution in [0.2, 0.25) is 0 Å². The van der Waals surface area contributed by atoms with E-state index in [-0.39, 0.29) is 31.2 Å². The molecular weight excluding hydrogens is 637 g/mol. The van der Waals surface area contributed by atoms with Gasteiger partial charge in [0, 0.05) is 44.1 Å². The monoisotopic (exact) mass is 676 g/mol. The Morgan fingerprint density at radius 2 is 1.80 bits per heavy atom. The van der Waals surface area contributed by atoms with Crippen LogP contribution in [0.4, 0.5) is 24.8 Å². The summed E-state index contributed by atoms with van der Waals surface area (Å²) in [5, 5.41) is 14.8. The highest BCUT2D eigenvalue weighted by Gasteiger charge is 2.43. The van der Waals surface area contributed by atoms with Gasteiger partial charge in [0.1, 0.15) is 11.0 Å². The molecule has 5 heterocycles. The van der Waals surface area contributed by atoms with Gasteiger partial charge < -0.3 is 15.3 Å². The van der Waals surface area contributed by atoms with Crippen LogP contribution in [0.5, 0.6) is 0 Å². The lowest BCUT2D eigenvalue weighted by molar-refractivity contribution is -0.186. The average molecular weight is 677 g/mol. The van der Waals surface area contributed by atoms with Gasteiger partial charge in [-0.05, 0) is 79.8 Å². The van der Waals surface area contributed by atoms with E-state index in [1.165, 1.54) is 16.4 Å². The molecule has 2 aliphatic heterocycles. The number of amides is 1. The molecule has 258 valence electrons. The Morgan fingerprint density at radius 3 is 2.51 bits per heavy atom. The van der Waals surface area contributed by atoms with Crippen LogP contribution in [-0.2, 0) is 36.2 Å². The average Bonchev–Trinajstić information content (AvgIpc) is 3.46. The fourth-order valence-electron chi connectivity index (χ4n) is 7.54. The lowest BCUT2D eigenvalue weighted by Crippen LogP contribution is -2.50. The van der Waals surface area contributed by atoms with E-state index in [2.05, 4.69) is 33.9 Å². The fourth-order valence-corrected chi connectivity index (χ4v) is 7.54. The summed E-state index contributed by atoms with van der Waals surface area (Å²) in [4.78, 5) is 42.5. The molecule has 4 aromatic rings. The number of piperidine rings is 1. The van der Waals surface area contributed by atoms with Crippen molar-refractivity contribution in [2.75, 3.05) is 31.5 Å². The van der Waals surface area contributed by atoms with Crippen LogP contribution in [-0.4, -0.2) is 83.5 Å². The zero-order chi connectivity index (χ0) is 34.5. The maximum atomic E-state index is 13.5. The number of aliphatic hydroxyl groups is 1. The Bertz CT molecular complexity index is 1980. The lowest BCUT2D eigenvalue weighted by Gasteiger charge is -2.38. The number of alkyl halides is 3. The highest BCUT2D eigenvalue weighted by Crippen LogP contribution is 2.38. The largest absolute Gasteiger partial charge is 0.471 e. The van der Waals surface area contributed by atoms with Gasteiger partial charge in [-0.15, -0.1) is 6.58 Å². The summed E-state index contributed by atoms with van der Waals surface area (Å²) < 4.78 is 41.9. The van der Waals surface area contributed by atoms with Crippen molar-refractivity contribution >= 4 is 28.6 Å². The van der Waals surface area contributed by atoms with Crippen molar-refractivity contribution in [1.82, 2.24) is 34.1 Å². The van der Waals surface area contributed by atoms with Gasteiger partial charge in [0.25, 0.3) is 5.56 Å². The van der Waals surface area contributed by atoms with Crippen molar-refractivity contribution < 1.29 is 23.1 Å². The molecule has 1 aromatic carbocycles. The molecule has 49 heavy (non-hydrogen) atoms. The minimum Gasteiger partial charge on any atom is -0.384 e. The van der Waals surface area contributed by atoms with Crippen molar-refractivity contribution in [1.29, 1.82) is 0 Å². The third-order valence-corrected chi connectivity index (χ3v) is 10.3. The second kappa shape index (κ2) is 12.7. The Hall–Kier alpha value is -4.56. The molecule has 7 rings (SSSR count). The first-order chi connectivity index (χ1) is 23.5. The number of nitrogens with zero attached hydrogens (tertiary/aromatic N) is 7. The zero-order valence-electron chi connectivity index (χ0n) is 27.3. The van der Waals surface area contributed by atoms with E-state index in [1.807, 2.05) is 25.1 Å². The molecule has 0 radical (unpaired) electrons. The lowest BCUT2D eigenvalue weighted by atomic mass is 9.98. The third-order valence-electron chi connectivity index (χ3n) is 10.3. The normalized spacial score (nSPS) is 20.2. The van der Waals surface area contributed by atoms with E-state index in [9.17, 15) is 27.9 Å². The number of halogens is 3. The van der Waals surface area contributed by atoms with Crippen molar-refractivity contribution in [2.45, 2.75) is 76.2 Å². The summed E-state index contributed by atoms with van der Waals surface area (Å²) in [7, 11) is 0. The highest BCUT2D eigenvalue weighted by atomic mass is 19.4. The van der Waals surface area contributed by atoms with Crippen LogP contribution in [0, 0.1) is 0 Å². The standard InChI is InChI=1S/C35H39F3N8O3/c1-3-15-45-31(47)27-21-39-33(42-30(27)46(45)28-8-6-23-9-14-34(49,4-2)29(23)41-28)40-25-7-5-22-10-16-43(17-11-24(22)20-25)26-12-18-44(19-13-26)32(48)35(36,37)38/h3,5-8,20-21,26,49H,1,4,9-19H2,2H3,(H,39,40,42)/t34-/m1/s1. The summed E-state index contributed by atoms with van der Waals surface area (Å²) >= 11 is 0. The number of fused-ring (bicyclic) bond motifs is 3. The number of likely N-dealkylation sites (tertiary alicyclic amines) is 1. The molecule has 3 aromatic heterocycles. The van der Waals surface area contributed by atoms with Crippen LogP contribution in [0.3, 0.4) is 0 Å². The molecule has 14 heteroatoms.